The maximum Gasteiger partial charge on any atom is 0.422 e. The van der Waals surface area contributed by atoms with Gasteiger partial charge in [-0.05, 0) is 42.9 Å². The summed E-state index contributed by atoms with van der Waals surface area (Å²) >= 11 is 12.5. The quantitative estimate of drug-likeness (QED) is 0.306. The van der Waals surface area contributed by atoms with E-state index in [1.54, 1.807) is 18.1 Å². The number of alkyl halides is 3. The van der Waals surface area contributed by atoms with E-state index in [1.165, 1.54) is 18.2 Å². The molecule has 2 heterocycles. The van der Waals surface area contributed by atoms with Crippen LogP contribution in [-0.4, -0.2) is 49.5 Å². The van der Waals surface area contributed by atoms with E-state index < -0.39 is 18.7 Å². The number of aryl methyl sites for hydroxylation is 1. The maximum absolute atomic E-state index is 12.7. The van der Waals surface area contributed by atoms with Gasteiger partial charge in [0.2, 0.25) is 11.0 Å². The van der Waals surface area contributed by atoms with Crippen LogP contribution in [0.15, 0.2) is 53.8 Å². The summed E-state index contributed by atoms with van der Waals surface area (Å²) in [6.45, 7) is 0.386. The number of thiocarbonyl (C=S) groups is 1. The zero-order chi connectivity index (χ0) is 27.4. The van der Waals surface area contributed by atoms with E-state index in [-0.39, 0.29) is 38.5 Å². The van der Waals surface area contributed by atoms with Crippen molar-refractivity contribution >= 4 is 57.5 Å². The van der Waals surface area contributed by atoms with Gasteiger partial charge >= 0.3 is 6.18 Å². The molecule has 0 spiro atoms. The molecule has 1 aromatic heterocycles. The molecule has 1 atom stereocenters. The van der Waals surface area contributed by atoms with E-state index >= 15 is 0 Å². The fourth-order valence-corrected chi connectivity index (χ4v) is 4.63. The molecule has 0 saturated carbocycles. The van der Waals surface area contributed by atoms with Crippen molar-refractivity contribution in [3.8, 4) is 17.1 Å². The van der Waals surface area contributed by atoms with E-state index in [0.717, 1.165) is 27.8 Å². The standard InChI is InChI=1S/C23H21ClF3N7O2S2/c1-13(14-3-5-15(6-4-14)20-28-12-33(2)32-20)30-31-21(37)29-22-34(19(35)10-38-22)17-9-16(24)7-8-18(17)36-11-23(25,26)27/h3-9,12-13,30H,10-11H2,1-2H3,(H,31,37)/b29-22-. The zero-order valence-electron chi connectivity index (χ0n) is 20.0. The van der Waals surface area contributed by atoms with E-state index in [1.807, 2.05) is 31.2 Å². The smallest absolute Gasteiger partial charge is 0.422 e. The van der Waals surface area contributed by atoms with Gasteiger partial charge in [-0.1, -0.05) is 47.6 Å². The summed E-state index contributed by atoms with van der Waals surface area (Å²) in [6.07, 6.45) is -2.93. The fraction of sp³-hybridized carbons (Fsp3) is 0.261. The SMILES string of the molecule is CC(NNC(=S)/N=C1\SCC(=O)N1c1cc(Cl)ccc1OCC(F)(F)F)c1ccc(-c2ncn(C)n2)cc1. The number of thioether (sulfide) groups is 1. The van der Waals surface area contributed by atoms with Gasteiger partial charge in [0.1, 0.15) is 12.1 Å². The highest BCUT2D eigenvalue weighted by molar-refractivity contribution is 8.15. The Balaban J connectivity index is 1.43. The highest BCUT2D eigenvalue weighted by atomic mass is 35.5. The number of hydrazine groups is 1. The number of anilines is 1. The zero-order valence-corrected chi connectivity index (χ0v) is 22.4. The summed E-state index contributed by atoms with van der Waals surface area (Å²) in [6, 6.07) is 11.5. The Hall–Kier alpha value is -3.20. The van der Waals surface area contributed by atoms with E-state index in [2.05, 4.69) is 25.9 Å². The third-order valence-electron chi connectivity index (χ3n) is 5.18. The van der Waals surface area contributed by atoms with Gasteiger partial charge < -0.3 is 4.74 Å². The number of rotatable bonds is 7. The molecule has 0 bridgehead atoms. The molecule has 1 aliphatic rings. The van der Waals surface area contributed by atoms with Crippen LogP contribution in [0.3, 0.4) is 0 Å². The van der Waals surface area contributed by atoms with Crippen LogP contribution in [0.1, 0.15) is 18.5 Å². The summed E-state index contributed by atoms with van der Waals surface area (Å²) in [5.74, 6) is 0.0768. The van der Waals surface area contributed by atoms with Crippen molar-refractivity contribution in [1.82, 2.24) is 25.6 Å². The molecule has 0 aliphatic carbocycles. The Morgan fingerprint density at radius 3 is 2.68 bits per heavy atom. The fourth-order valence-electron chi connectivity index (χ4n) is 3.39. The molecule has 2 N–H and O–H groups in total. The van der Waals surface area contributed by atoms with Crippen molar-refractivity contribution in [2.24, 2.45) is 12.0 Å². The number of nitrogens with zero attached hydrogens (tertiary/aromatic N) is 5. The first-order valence-electron chi connectivity index (χ1n) is 11.0. The highest BCUT2D eigenvalue weighted by Gasteiger charge is 2.34. The molecular weight excluding hydrogens is 563 g/mol. The predicted octanol–water partition coefficient (Wildman–Crippen LogP) is 4.65. The van der Waals surface area contributed by atoms with Crippen LogP contribution in [0, 0.1) is 0 Å². The number of hydrogen-bond acceptors (Lipinski definition) is 7. The van der Waals surface area contributed by atoms with Crippen molar-refractivity contribution in [3.63, 3.8) is 0 Å². The van der Waals surface area contributed by atoms with Crippen molar-refractivity contribution in [3.05, 3.63) is 59.4 Å². The molecule has 3 aromatic rings. The summed E-state index contributed by atoms with van der Waals surface area (Å²) in [4.78, 5) is 22.3. The second kappa shape index (κ2) is 11.7. The van der Waals surface area contributed by atoms with Gasteiger partial charge in [-0.15, -0.1) is 0 Å². The van der Waals surface area contributed by atoms with Crippen LogP contribution < -0.4 is 20.5 Å². The highest BCUT2D eigenvalue weighted by Crippen LogP contribution is 2.37. The van der Waals surface area contributed by atoms with Gasteiger partial charge in [-0.25, -0.2) is 10.4 Å². The molecule has 1 aliphatic heterocycles. The van der Waals surface area contributed by atoms with Crippen LogP contribution >= 0.6 is 35.6 Å². The average molecular weight is 584 g/mol. The molecule has 1 amide bonds. The number of aromatic nitrogens is 3. The average Bonchev–Trinajstić information content (AvgIpc) is 3.46. The second-order valence-electron chi connectivity index (χ2n) is 8.09. The van der Waals surface area contributed by atoms with Crippen LogP contribution in [0.25, 0.3) is 11.4 Å². The van der Waals surface area contributed by atoms with Crippen LogP contribution in [-0.2, 0) is 11.8 Å². The number of nitrogens with one attached hydrogen (secondary N) is 2. The number of hydrogen-bond donors (Lipinski definition) is 2. The number of carbonyl (C=O) groups excluding carboxylic acids is 1. The third kappa shape index (κ3) is 7.01. The van der Waals surface area contributed by atoms with Crippen molar-refractivity contribution in [2.45, 2.75) is 19.1 Å². The van der Waals surface area contributed by atoms with Crippen LogP contribution in [0.2, 0.25) is 5.02 Å². The van der Waals surface area contributed by atoms with Crippen molar-refractivity contribution in [1.29, 1.82) is 0 Å². The lowest BCUT2D eigenvalue weighted by molar-refractivity contribution is -0.153. The maximum atomic E-state index is 12.7. The van der Waals surface area contributed by atoms with Crippen LogP contribution in [0.5, 0.6) is 5.75 Å². The second-order valence-corrected chi connectivity index (χ2v) is 9.85. The van der Waals surface area contributed by atoms with Crippen molar-refractivity contribution < 1.29 is 22.7 Å². The molecule has 200 valence electrons. The Bertz CT molecular complexity index is 1370. The minimum absolute atomic E-state index is 0.0214. The topological polar surface area (TPSA) is 96.7 Å². The lowest BCUT2D eigenvalue weighted by Gasteiger charge is -2.21. The van der Waals surface area contributed by atoms with Crippen molar-refractivity contribution in [2.75, 3.05) is 17.3 Å². The van der Waals surface area contributed by atoms with E-state index in [9.17, 15) is 18.0 Å². The Morgan fingerprint density at radius 1 is 1.29 bits per heavy atom. The summed E-state index contributed by atoms with van der Waals surface area (Å²) in [5.41, 5.74) is 7.73. The Morgan fingerprint density at radius 2 is 2.03 bits per heavy atom. The first-order chi connectivity index (χ1) is 18.0. The van der Waals surface area contributed by atoms with E-state index in [4.69, 9.17) is 28.6 Å². The Labute approximate surface area is 230 Å². The molecule has 2 aromatic carbocycles. The molecule has 9 nitrogen and oxygen atoms in total. The number of benzene rings is 2. The summed E-state index contributed by atoms with van der Waals surface area (Å²) in [5, 5.41) is 4.69. The summed E-state index contributed by atoms with van der Waals surface area (Å²) in [7, 11) is 1.80. The molecular formula is C23H21ClF3N7O2S2. The van der Waals surface area contributed by atoms with Gasteiger partial charge in [0.05, 0.1) is 11.4 Å². The largest absolute Gasteiger partial charge is 0.482 e. The van der Waals surface area contributed by atoms with Gasteiger partial charge in [-0.3, -0.25) is 19.8 Å². The first kappa shape index (κ1) is 27.8. The molecule has 15 heteroatoms. The van der Waals surface area contributed by atoms with Gasteiger partial charge in [-0.2, -0.15) is 23.3 Å². The number of halogens is 4. The molecule has 0 radical (unpaired) electrons. The summed E-state index contributed by atoms with van der Waals surface area (Å²) < 4.78 is 44.7. The number of amidine groups is 1. The number of amides is 1. The number of carbonyl (C=O) groups is 1. The monoisotopic (exact) mass is 583 g/mol. The lowest BCUT2D eigenvalue weighted by atomic mass is 10.1. The van der Waals surface area contributed by atoms with E-state index in [0.29, 0.717) is 5.82 Å². The third-order valence-corrected chi connectivity index (χ3v) is 6.53. The molecule has 1 saturated heterocycles. The number of ether oxygens (including phenoxy) is 1. The molecule has 1 unspecified atom stereocenters. The van der Waals surface area contributed by atoms with Gasteiger partial charge in [0, 0.05) is 23.7 Å². The van der Waals surface area contributed by atoms with Crippen LogP contribution in [0.4, 0.5) is 18.9 Å². The minimum atomic E-state index is -4.55. The molecule has 38 heavy (non-hydrogen) atoms. The molecule has 4 rings (SSSR count). The normalized spacial score (nSPS) is 15.7. The minimum Gasteiger partial charge on any atom is -0.482 e. The first-order valence-corrected chi connectivity index (χ1v) is 12.8. The van der Waals surface area contributed by atoms with Gasteiger partial charge in [0.15, 0.2) is 17.6 Å². The Kier molecular flexibility index (Phi) is 8.55. The lowest BCUT2D eigenvalue weighted by Crippen LogP contribution is -2.38. The molecule has 1 fully saturated rings. The van der Waals surface area contributed by atoms with Gasteiger partial charge in [0.25, 0.3) is 0 Å². The number of aliphatic imine (C=N–C) groups is 1. The predicted molar refractivity (Wildman–Crippen MR) is 144 cm³/mol.